The van der Waals surface area contributed by atoms with Crippen LogP contribution >= 0.6 is 11.3 Å². The highest BCUT2D eigenvalue weighted by atomic mass is 32.2. The first-order valence-electron chi connectivity index (χ1n) is 12.6. The van der Waals surface area contributed by atoms with Crippen molar-refractivity contribution in [3.05, 3.63) is 58.5 Å². The normalized spacial score (nSPS) is 17.6. The van der Waals surface area contributed by atoms with Crippen molar-refractivity contribution >= 4 is 55.1 Å². The average Bonchev–Trinajstić information content (AvgIpc) is 3.36. The van der Waals surface area contributed by atoms with Crippen LogP contribution in [0.3, 0.4) is 0 Å². The van der Waals surface area contributed by atoms with Crippen LogP contribution in [-0.4, -0.2) is 53.7 Å². The zero-order chi connectivity index (χ0) is 27.2. The van der Waals surface area contributed by atoms with Gasteiger partial charge in [0.05, 0.1) is 10.6 Å². The van der Waals surface area contributed by atoms with Gasteiger partial charge in [0.15, 0.2) is 11.6 Å². The Balaban J connectivity index is 1.45. The Kier molecular flexibility index (Phi) is 6.96. The second-order valence-corrected chi connectivity index (χ2v) is 13.4. The third kappa shape index (κ3) is 5.28. The van der Waals surface area contributed by atoms with Crippen LogP contribution in [0.25, 0.3) is 22.2 Å². The lowest BCUT2D eigenvalue weighted by atomic mass is 9.88. The molecule has 0 amide bonds. The first-order chi connectivity index (χ1) is 18.0. The summed E-state index contributed by atoms with van der Waals surface area (Å²) in [5.74, 6) is 2.49. The molecule has 1 aliphatic heterocycles. The molecule has 0 aliphatic carbocycles. The number of pyridine rings is 1. The number of carbonyl (C=O) groups excluding carboxylic acids is 1. The minimum atomic E-state index is -3.01. The zero-order valence-corrected chi connectivity index (χ0v) is 23.7. The molecule has 1 fully saturated rings. The van der Waals surface area contributed by atoms with Crippen molar-refractivity contribution in [2.24, 2.45) is 5.92 Å². The zero-order valence-electron chi connectivity index (χ0n) is 22.1. The molecule has 198 valence electrons. The Labute approximate surface area is 227 Å². The highest BCUT2D eigenvalue weighted by molar-refractivity contribution is 7.90. The molecular formula is C28H31N5O3S2. The van der Waals surface area contributed by atoms with Gasteiger partial charge < -0.3 is 10.2 Å². The number of benzene rings is 1. The number of Topliss-reactive ketones (excluding diaryl/α,β-unsaturated/α-hetero) is 1. The molecule has 10 heteroatoms. The number of thiophene rings is 1. The highest BCUT2D eigenvalue weighted by Gasteiger charge is 2.38. The summed E-state index contributed by atoms with van der Waals surface area (Å²) in [6.07, 6.45) is 4.88. The SMILES string of the molecule is CC(=O)c1cc(-c2nccc(Nc3cc4c(C(C)C)ccc(N5C[C@H](CS(C)(=O)=O)[C@H]5C)c4cn3)n2)cs1. The van der Waals surface area contributed by atoms with Gasteiger partial charge in [-0.25, -0.2) is 23.4 Å². The van der Waals surface area contributed by atoms with Crippen molar-refractivity contribution < 1.29 is 13.2 Å². The average molecular weight is 550 g/mol. The van der Waals surface area contributed by atoms with Gasteiger partial charge in [0.2, 0.25) is 0 Å². The second kappa shape index (κ2) is 10.1. The number of nitrogens with one attached hydrogen (secondary N) is 1. The molecule has 0 radical (unpaired) electrons. The molecule has 0 bridgehead atoms. The number of hydrogen-bond donors (Lipinski definition) is 1. The predicted molar refractivity (Wildman–Crippen MR) is 154 cm³/mol. The van der Waals surface area contributed by atoms with Crippen molar-refractivity contribution in [1.82, 2.24) is 15.0 Å². The molecule has 0 spiro atoms. The Bertz CT molecular complexity index is 1630. The van der Waals surface area contributed by atoms with Gasteiger partial charge in [0.25, 0.3) is 0 Å². The molecule has 0 saturated carbocycles. The summed E-state index contributed by atoms with van der Waals surface area (Å²) >= 11 is 1.38. The first kappa shape index (κ1) is 26.2. The van der Waals surface area contributed by atoms with Crippen LogP contribution < -0.4 is 10.2 Å². The van der Waals surface area contributed by atoms with Crippen LogP contribution in [0.15, 0.2) is 48.1 Å². The molecule has 1 aliphatic rings. The van der Waals surface area contributed by atoms with Gasteiger partial charge >= 0.3 is 0 Å². The summed E-state index contributed by atoms with van der Waals surface area (Å²) in [6, 6.07) is 10.1. The fourth-order valence-electron chi connectivity index (χ4n) is 4.99. The number of hydrogen-bond acceptors (Lipinski definition) is 9. The molecule has 8 nitrogen and oxygen atoms in total. The Morgan fingerprint density at radius 1 is 1.16 bits per heavy atom. The van der Waals surface area contributed by atoms with Crippen molar-refractivity contribution in [2.45, 2.75) is 39.7 Å². The smallest absolute Gasteiger partial charge is 0.169 e. The number of anilines is 3. The van der Waals surface area contributed by atoms with E-state index in [9.17, 15) is 13.2 Å². The van der Waals surface area contributed by atoms with Gasteiger partial charge in [0.1, 0.15) is 21.5 Å². The molecule has 3 aromatic heterocycles. The monoisotopic (exact) mass is 549 g/mol. The number of ketones is 1. The first-order valence-corrected chi connectivity index (χ1v) is 15.5. The van der Waals surface area contributed by atoms with Gasteiger partial charge in [0, 0.05) is 59.2 Å². The quantitative estimate of drug-likeness (QED) is 0.279. The second-order valence-electron chi connectivity index (χ2n) is 10.3. The fraction of sp³-hybridized carbons (Fsp3) is 0.357. The Hall–Kier alpha value is -3.37. The molecule has 1 aromatic carbocycles. The molecule has 1 N–H and O–H groups in total. The van der Waals surface area contributed by atoms with Crippen LogP contribution in [-0.2, 0) is 9.84 Å². The van der Waals surface area contributed by atoms with E-state index in [2.05, 4.69) is 53.1 Å². The van der Waals surface area contributed by atoms with Crippen molar-refractivity contribution in [2.75, 3.05) is 28.8 Å². The lowest BCUT2D eigenvalue weighted by Crippen LogP contribution is -2.57. The van der Waals surface area contributed by atoms with E-state index in [1.807, 2.05) is 23.7 Å². The largest absolute Gasteiger partial charge is 0.368 e. The van der Waals surface area contributed by atoms with Crippen LogP contribution in [0.4, 0.5) is 17.3 Å². The van der Waals surface area contributed by atoms with Gasteiger partial charge in [-0.05, 0) is 55.0 Å². The Morgan fingerprint density at radius 2 is 1.95 bits per heavy atom. The van der Waals surface area contributed by atoms with Crippen LogP contribution in [0, 0.1) is 5.92 Å². The van der Waals surface area contributed by atoms with E-state index < -0.39 is 9.84 Å². The van der Waals surface area contributed by atoms with E-state index in [4.69, 9.17) is 4.98 Å². The van der Waals surface area contributed by atoms with E-state index in [0.29, 0.717) is 34.8 Å². The maximum Gasteiger partial charge on any atom is 0.169 e. The van der Waals surface area contributed by atoms with Gasteiger partial charge in [-0.3, -0.25) is 4.79 Å². The van der Waals surface area contributed by atoms with E-state index in [0.717, 1.165) is 22.0 Å². The van der Waals surface area contributed by atoms with Crippen molar-refractivity contribution in [3.63, 3.8) is 0 Å². The van der Waals surface area contributed by atoms with E-state index in [1.54, 1.807) is 19.2 Å². The van der Waals surface area contributed by atoms with E-state index >= 15 is 0 Å². The summed E-state index contributed by atoms with van der Waals surface area (Å²) in [6.45, 7) is 8.69. The molecule has 38 heavy (non-hydrogen) atoms. The summed E-state index contributed by atoms with van der Waals surface area (Å²) < 4.78 is 23.6. The maximum absolute atomic E-state index is 11.8. The summed E-state index contributed by atoms with van der Waals surface area (Å²) in [5.41, 5.74) is 3.09. The minimum Gasteiger partial charge on any atom is -0.368 e. The highest BCUT2D eigenvalue weighted by Crippen LogP contribution is 2.39. The van der Waals surface area contributed by atoms with Crippen molar-refractivity contribution in [1.29, 1.82) is 0 Å². The predicted octanol–water partition coefficient (Wildman–Crippen LogP) is 5.69. The minimum absolute atomic E-state index is 0.0229. The van der Waals surface area contributed by atoms with Gasteiger partial charge in [-0.15, -0.1) is 11.3 Å². The maximum atomic E-state index is 11.8. The standard InChI is InChI=1S/C28H31N5O3S2/c1-16(2)21-6-7-24(33-13-20(17(33)3)15-38(5,35)36)23-12-30-27(11-22(21)23)31-26-8-9-29-28(32-26)19-10-25(18(4)34)37-14-19/h6-12,14,16-17,20H,13,15H2,1-5H3,(H,29,30,31,32)/t17-,20-/m1/s1. The lowest BCUT2D eigenvalue weighted by Gasteiger charge is -2.48. The molecule has 5 rings (SSSR count). The third-order valence-corrected chi connectivity index (χ3v) is 9.15. The summed E-state index contributed by atoms with van der Waals surface area (Å²) in [7, 11) is -3.01. The molecule has 4 heterocycles. The van der Waals surface area contributed by atoms with E-state index in [1.165, 1.54) is 23.2 Å². The summed E-state index contributed by atoms with van der Waals surface area (Å²) in [5, 5.41) is 7.35. The number of sulfone groups is 1. The number of fused-ring (bicyclic) bond motifs is 1. The topological polar surface area (TPSA) is 105 Å². The van der Waals surface area contributed by atoms with Crippen molar-refractivity contribution in [3.8, 4) is 11.4 Å². The number of aromatic nitrogens is 3. The lowest BCUT2D eigenvalue weighted by molar-refractivity contribution is 0.102. The number of nitrogens with zero attached hydrogens (tertiary/aromatic N) is 4. The molecule has 1 saturated heterocycles. The molecular weight excluding hydrogens is 518 g/mol. The number of rotatable bonds is 8. The van der Waals surface area contributed by atoms with Gasteiger partial charge in [-0.1, -0.05) is 19.9 Å². The number of carbonyl (C=O) groups is 1. The molecule has 0 unspecified atom stereocenters. The fourth-order valence-corrected chi connectivity index (χ4v) is 6.94. The third-order valence-electron chi connectivity index (χ3n) is 7.08. The van der Waals surface area contributed by atoms with Crippen LogP contribution in [0.5, 0.6) is 0 Å². The van der Waals surface area contributed by atoms with Gasteiger partial charge in [-0.2, -0.15) is 0 Å². The molecule has 2 atom stereocenters. The van der Waals surface area contributed by atoms with Crippen LogP contribution in [0.1, 0.15) is 48.8 Å². The van der Waals surface area contributed by atoms with E-state index in [-0.39, 0.29) is 23.5 Å². The summed E-state index contributed by atoms with van der Waals surface area (Å²) in [4.78, 5) is 28.3. The Morgan fingerprint density at radius 3 is 2.61 bits per heavy atom. The molecule has 4 aromatic rings. The van der Waals surface area contributed by atoms with Crippen LogP contribution in [0.2, 0.25) is 0 Å².